The first kappa shape index (κ1) is 20.3. The third-order valence-electron chi connectivity index (χ3n) is 3.80. The predicted molar refractivity (Wildman–Crippen MR) is 85.5 cm³/mol. The fraction of sp³-hybridized carbons (Fsp3) is 0.316. The van der Waals surface area contributed by atoms with Gasteiger partial charge in [-0.05, 0) is 48.7 Å². The number of ether oxygens (including phenoxy) is 3. The number of aryl methyl sites for hydroxylation is 1. The molecule has 0 saturated carbocycles. The van der Waals surface area contributed by atoms with Crippen LogP contribution in [0.1, 0.15) is 24.5 Å². The van der Waals surface area contributed by atoms with Crippen molar-refractivity contribution >= 4 is 0 Å². The SMILES string of the molecule is Cc1cc(F)ccc1COc1cccc(OC2C[C@@H](C)[CH-]O2)c1.[Cs+]. The summed E-state index contributed by atoms with van der Waals surface area (Å²) in [4.78, 5) is 0. The summed E-state index contributed by atoms with van der Waals surface area (Å²) < 4.78 is 30.1. The van der Waals surface area contributed by atoms with Crippen molar-refractivity contribution in [3.05, 3.63) is 66.0 Å². The van der Waals surface area contributed by atoms with Crippen LogP contribution >= 0.6 is 0 Å². The first-order valence-electron chi connectivity index (χ1n) is 7.73. The minimum absolute atomic E-state index is 0. The molecule has 24 heavy (non-hydrogen) atoms. The van der Waals surface area contributed by atoms with Crippen LogP contribution in [0.5, 0.6) is 11.5 Å². The molecule has 1 unspecified atom stereocenters. The van der Waals surface area contributed by atoms with E-state index in [1.165, 1.54) is 12.1 Å². The van der Waals surface area contributed by atoms with E-state index in [0.717, 1.165) is 17.5 Å². The van der Waals surface area contributed by atoms with Crippen molar-refractivity contribution in [3.63, 3.8) is 0 Å². The summed E-state index contributed by atoms with van der Waals surface area (Å²) >= 11 is 0. The monoisotopic (exact) mass is 448 g/mol. The predicted octanol–water partition coefficient (Wildman–Crippen LogP) is 1.64. The summed E-state index contributed by atoms with van der Waals surface area (Å²) in [5.74, 6) is 1.59. The zero-order valence-corrected chi connectivity index (χ0v) is 20.6. The summed E-state index contributed by atoms with van der Waals surface area (Å²) in [6, 6.07) is 12.2. The molecule has 0 amide bonds. The average Bonchev–Trinajstić information content (AvgIpc) is 2.92. The molecule has 0 aromatic heterocycles. The number of rotatable bonds is 5. The quantitative estimate of drug-likeness (QED) is 0.652. The molecule has 5 heteroatoms. The summed E-state index contributed by atoms with van der Waals surface area (Å²) in [6.07, 6.45) is 0.611. The van der Waals surface area contributed by atoms with Gasteiger partial charge in [0.25, 0.3) is 0 Å². The van der Waals surface area contributed by atoms with E-state index in [1.54, 1.807) is 6.07 Å². The third kappa shape index (κ3) is 5.76. The molecule has 3 nitrogen and oxygen atoms in total. The van der Waals surface area contributed by atoms with Gasteiger partial charge >= 0.3 is 68.9 Å². The third-order valence-corrected chi connectivity index (χ3v) is 3.80. The molecule has 1 aliphatic heterocycles. The van der Waals surface area contributed by atoms with E-state index >= 15 is 0 Å². The molecule has 1 saturated heterocycles. The summed E-state index contributed by atoms with van der Waals surface area (Å²) in [6.45, 7) is 6.16. The average molecular weight is 448 g/mol. The molecule has 122 valence electrons. The van der Waals surface area contributed by atoms with E-state index in [-0.39, 0.29) is 81.0 Å². The van der Waals surface area contributed by atoms with Crippen molar-refractivity contribution in [2.45, 2.75) is 33.2 Å². The molecule has 1 fully saturated rings. The van der Waals surface area contributed by atoms with Crippen LogP contribution in [0.15, 0.2) is 42.5 Å². The maximum atomic E-state index is 13.1. The van der Waals surface area contributed by atoms with Crippen molar-refractivity contribution < 1.29 is 87.5 Å². The van der Waals surface area contributed by atoms with Gasteiger partial charge < -0.3 is 14.2 Å². The van der Waals surface area contributed by atoms with E-state index in [0.29, 0.717) is 24.0 Å². The number of hydrogen-bond acceptors (Lipinski definition) is 3. The van der Waals surface area contributed by atoms with Crippen LogP contribution in [0.4, 0.5) is 4.39 Å². The maximum Gasteiger partial charge on any atom is 1.00 e. The second-order valence-electron chi connectivity index (χ2n) is 5.87. The Bertz CT molecular complexity index is 677. The number of benzene rings is 2. The van der Waals surface area contributed by atoms with Gasteiger partial charge in [-0.3, -0.25) is 0 Å². The molecule has 3 rings (SSSR count). The summed E-state index contributed by atoms with van der Waals surface area (Å²) in [5.41, 5.74) is 1.83. The van der Waals surface area contributed by atoms with Crippen molar-refractivity contribution in [2.75, 3.05) is 0 Å². The van der Waals surface area contributed by atoms with E-state index in [9.17, 15) is 4.39 Å². The summed E-state index contributed by atoms with van der Waals surface area (Å²) in [5, 5.41) is 0. The van der Waals surface area contributed by atoms with Gasteiger partial charge in [0, 0.05) is 6.07 Å². The molecule has 2 aromatic rings. The van der Waals surface area contributed by atoms with E-state index < -0.39 is 0 Å². The van der Waals surface area contributed by atoms with E-state index in [4.69, 9.17) is 14.2 Å². The topological polar surface area (TPSA) is 27.7 Å². The second-order valence-corrected chi connectivity index (χ2v) is 5.87. The zero-order chi connectivity index (χ0) is 16.2. The first-order chi connectivity index (χ1) is 11.1. The Labute approximate surface area is 201 Å². The number of hydrogen-bond donors (Lipinski definition) is 0. The fourth-order valence-electron chi connectivity index (χ4n) is 2.48. The Morgan fingerprint density at radius 3 is 2.71 bits per heavy atom. The van der Waals surface area contributed by atoms with Gasteiger partial charge in [-0.1, -0.05) is 19.1 Å². The molecule has 0 spiro atoms. The van der Waals surface area contributed by atoms with Crippen molar-refractivity contribution in [1.82, 2.24) is 0 Å². The van der Waals surface area contributed by atoms with Gasteiger partial charge in [-0.15, -0.1) is 5.92 Å². The van der Waals surface area contributed by atoms with E-state index in [2.05, 4.69) is 6.92 Å². The molecule has 1 aliphatic rings. The van der Waals surface area contributed by atoms with Crippen LogP contribution in [-0.4, -0.2) is 6.29 Å². The smallest absolute Gasteiger partial charge is 0.520 e. The summed E-state index contributed by atoms with van der Waals surface area (Å²) in [7, 11) is 0. The molecule has 0 radical (unpaired) electrons. The largest absolute Gasteiger partial charge is 1.00 e. The van der Waals surface area contributed by atoms with Gasteiger partial charge in [0.15, 0.2) is 6.29 Å². The van der Waals surface area contributed by atoms with Crippen molar-refractivity contribution in [2.24, 2.45) is 5.92 Å². The van der Waals surface area contributed by atoms with Crippen LogP contribution in [0.25, 0.3) is 0 Å². The first-order valence-corrected chi connectivity index (χ1v) is 7.73. The standard InChI is InChI=1S/C19H20FO3.Cs/c1-13-8-19(22-11-13)23-18-5-3-4-17(10-18)21-12-15-6-7-16(20)9-14(15)2;/h3-7,9-11,13,19H,8,12H2,1-2H3;/q-1;+1/t13-,19?;/m1./s1. The van der Waals surface area contributed by atoms with Crippen molar-refractivity contribution in [3.8, 4) is 11.5 Å². The van der Waals surface area contributed by atoms with Crippen LogP contribution in [0, 0.1) is 25.3 Å². The van der Waals surface area contributed by atoms with Gasteiger partial charge in [0.1, 0.15) is 23.9 Å². The van der Waals surface area contributed by atoms with Crippen LogP contribution in [-0.2, 0) is 11.3 Å². The van der Waals surface area contributed by atoms with Gasteiger partial charge in [0.05, 0.1) is 0 Å². The fourth-order valence-corrected chi connectivity index (χ4v) is 2.48. The Morgan fingerprint density at radius 1 is 1.21 bits per heavy atom. The molecule has 2 atom stereocenters. The van der Waals surface area contributed by atoms with Gasteiger partial charge in [-0.25, -0.2) is 11.0 Å². The van der Waals surface area contributed by atoms with Crippen LogP contribution in [0.2, 0.25) is 0 Å². The molecular formula is C19H20CsFO3. The molecule has 1 heterocycles. The Morgan fingerprint density at radius 2 is 2.00 bits per heavy atom. The van der Waals surface area contributed by atoms with Crippen LogP contribution < -0.4 is 78.4 Å². The Kier molecular flexibility index (Phi) is 8.13. The zero-order valence-electron chi connectivity index (χ0n) is 14.3. The number of halogens is 1. The van der Waals surface area contributed by atoms with Gasteiger partial charge in [0.2, 0.25) is 0 Å². The van der Waals surface area contributed by atoms with E-state index in [1.807, 2.05) is 37.8 Å². The molecule has 2 aromatic carbocycles. The van der Waals surface area contributed by atoms with Gasteiger partial charge in [-0.2, -0.15) is 0 Å². The van der Waals surface area contributed by atoms with Crippen LogP contribution in [0.3, 0.4) is 0 Å². The molecular weight excluding hydrogens is 428 g/mol. The molecule has 0 aliphatic carbocycles. The normalized spacial score (nSPS) is 19.6. The molecule has 0 N–H and O–H groups in total. The minimum atomic E-state index is -0.236. The Hall–Kier alpha value is -0.0181. The Balaban J connectivity index is 0.00000208. The second kappa shape index (κ2) is 9.62. The maximum absolute atomic E-state index is 13.1. The minimum Gasteiger partial charge on any atom is -0.520 e. The van der Waals surface area contributed by atoms with Crippen molar-refractivity contribution in [1.29, 1.82) is 0 Å². The molecule has 0 bridgehead atoms.